The van der Waals surface area contributed by atoms with Crippen molar-refractivity contribution in [3.05, 3.63) is 82.6 Å². The third-order valence-electron chi connectivity index (χ3n) is 3.74. The Bertz CT molecular complexity index is 1130. The van der Waals surface area contributed by atoms with Crippen LogP contribution in [0.5, 0.6) is 5.88 Å². The van der Waals surface area contributed by atoms with E-state index in [2.05, 4.69) is 9.97 Å². The third kappa shape index (κ3) is 2.52. The van der Waals surface area contributed by atoms with Gasteiger partial charge in [0.05, 0.1) is 11.1 Å². The van der Waals surface area contributed by atoms with E-state index in [-0.39, 0.29) is 17.0 Å². The summed E-state index contributed by atoms with van der Waals surface area (Å²) in [4.78, 5) is 31.3. The van der Waals surface area contributed by atoms with Gasteiger partial charge >= 0.3 is 5.97 Å². The minimum atomic E-state index is -0.611. The normalized spacial score (nSPS) is 10.8. The number of hydrogen-bond donors (Lipinski definition) is 1. The predicted molar refractivity (Wildman–Crippen MR) is 91.3 cm³/mol. The number of esters is 1. The molecular weight excluding hydrogens is 304 g/mol. The topological polar surface area (TPSA) is 72.0 Å². The molecule has 2 heterocycles. The molecule has 0 radical (unpaired) electrons. The zero-order valence-electron chi connectivity index (χ0n) is 12.5. The number of aromatic nitrogens is 2. The number of H-pyrrole nitrogens is 1. The van der Waals surface area contributed by atoms with Crippen LogP contribution >= 0.6 is 0 Å². The van der Waals surface area contributed by atoms with Crippen LogP contribution in [-0.4, -0.2) is 15.9 Å². The fourth-order valence-corrected chi connectivity index (χ4v) is 2.63. The van der Waals surface area contributed by atoms with Crippen molar-refractivity contribution in [2.45, 2.75) is 0 Å². The van der Waals surface area contributed by atoms with Crippen LogP contribution in [0.2, 0.25) is 0 Å². The molecular formula is C19H12N2O3. The number of nitrogens with one attached hydrogen (secondary N) is 1. The summed E-state index contributed by atoms with van der Waals surface area (Å²) in [6, 6.07) is 19.3. The van der Waals surface area contributed by atoms with Crippen LogP contribution in [0.1, 0.15) is 10.4 Å². The molecule has 4 aromatic rings. The second-order valence-corrected chi connectivity index (χ2v) is 5.32. The Morgan fingerprint density at radius 1 is 0.958 bits per heavy atom. The van der Waals surface area contributed by atoms with E-state index >= 15 is 0 Å². The number of rotatable bonds is 2. The summed E-state index contributed by atoms with van der Waals surface area (Å²) in [7, 11) is 0. The van der Waals surface area contributed by atoms with Crippen molar-refractivity contribution < 1.29 is 9.53 Å². The molecule has 24 heavy (non-hydrogen) atoms. The van der Waals surface area contributed by atoms with Crippen molar-refractivity contribution in [1.29, 1.82) is 0 Å². The van der Waals surface area contributed by atoms with E-state index in [1.165, 1.54) is 6.07 Å². The van der Waals surface area contributed by atoms with Crippen molar-refractivity contribution in [2.75, 3.05) is 0 Å². The average Bonchev–Trinajstić information content (AvgIpc) is 2.60. The number of carbonyl (C=O) groups is 1. The van der Waals surface area contributed by atoms with Crippen molar-refractivity contribution in [3.8, 4) is 5.88 Å². The number of ether oxygens (including phenoxy) is 1. The lowest BCUT2D eigenvalue weighted by Gasteiger charge is -2.07. The molecule has 0 spiro atoms. The summed E-state index contributed by atoms with van der Waals surface area (Å²) < 4.78 is 5.37. The van der Waals surface area contributed by atoms with Crippen LogP contribution in [0, 0.1) is 0 Å². The second kappa shape index (κ2) is 5.62. The largest absolute Gasteiger partial charge is 0.404 e. The lowest BCUT2D eigenvalue weighted by Crippen LogP contribution is -2.15. The van der Waals surface area contributed by atoms with Crippen LogP contribution in [0.15, 0.2) is 71.5 Å². The van der Waals surface area contributed by atoms with E-state index in [0.717, 1.165) is 10.9 Å². The van der Waals surface area contributed by atoms with Gasteiger partial charge in [0.15, 0.2) is 0 Å². The molecule has 116 valence electrons. The quantitative estimate of drug-likeness (QED) is 0.576. The first kappa shape index (κ1) is 14.1. The minimum Gasteiger partial charge on any atom is -0.404 e. The van der Waals surface area contributed by atoms with Crippen molar-refractivity contribution in [2.24, 2.45) is 0 Å². The Hall–Kier alpha value is -3.47. The van der Waals surface area contributed by atoms with Crippen LogP contribution in [0.4, 0.5) is 0 Å². The first-order chi connectivity index (χ1) is 11.7. The molecule has 4 rings (SSSR count). The standard InChI is InChI=1S/C19H12N2O3/c22-17-11-14(13-6-2-4-8-16(13)20-17)19(23)24-18-10-9-12-5-1-3-7-15(12)21-18/h1-11H,(H,20,22). The summed E-state index contributed by atoms with van der Waals surface area (Å²) in [5.41, 5.74) is 1.18. The molecule has 5 heteroatoms. The zero-order chi connectivity index (χ0) is 16.5. The van der Waals surface area contributed by atoms with E-state index in [1.54, 1.807) is 30.3 Å². The number of para-hydroxylation sites is 2. The van der Waals surface area contributed by atoms with Gasteiger partial charge in [0.1, 0.15) is 0 Å². The molecule has 2 aromatic heterocycles. The molecule has 0 aliphatic heterocycles. The predicted octanol–water partition coefficient (Wildman–Crippen LogP) is 3.30. The summed E-state index contributed by atoms with van der Waals surface area (Å²) >= 11 is 0. The average molecular weight is 316 g/mol. The highest BCUT2D eigenvalue weighted by molar-refractivity contribution is 6.04. The second-order valence-electron chi connectivity index (χ2n) is 5.32. The van der Waals surface area contributed by atoms with Crippen LogP contribution < -0.4 is 10.3 Å². The van der Waals surface area contributed by atoms with E-state index in [9.17, 15) is 9.59 Å². The summed E-state index contributed by atoms with van der Waals surface area (Å²) in [6.45, 7) is 0. The third-order valence-corrected chi connectivity index (χ3v) is 3.74. The molecule has 2 aromatic carbocycles. The Morgan fingerprint density at radius 2 is 1.75 bits per heavy atom. The number of fused-ring (bicyclic) bond motifs is 2. The highest BCUT2D eigenvalue weighted by Crippen LogP contribution is 2.19. The van der Waals surface area contributed by atoms with E-state index in [0.29, 0.717) is 10.9 Å². The van der Waals surface area contributed by atoms with Crippen molar-refractivity contribution in [3.63, 3.8) is 0 Å². The van der Waals surface area contributed by atoms with Gasteiger partial charge in [-0.1, -0.05) is 36.4 Å². The summed E-state index contributed by atoms with van der Waals surface area (Å²) in [5.74, 6) is -0.414. The molecule has 0 atom stereocenters. The molecule has 0 amide bonds. The Labute approximate surface area is 136 Å². The Morgan fingerprint density at radius 3 is 2.67 bits per heavy atom. The van der Waals surface area contributed by atoms with Crippen LogP contribution in [-0.2, 0) is 0 Å². The molecule has 0 bridgehead atoms. The van der Waals surface area contributed by atoms with Gasteiger partial charge in [0.25, 0.3) is 0 Å². The van der Waals surface area contributed by atoms with Gasteiger partial charge in [0, 0.05) is 28.4 Å². The van der Waals surface area contributed by atoms with Crippen LogP contribution in [0.25, 0.3) is 21.8 Å². The van der Waals surface area contributed by atoms with Crippen LogP contribution in [0.3, 0.4) is 0 Å². The van der Waals surface area contributed by atoms with Gasteiger partial charge in [-0.15, -0.1) is 0 Å². The number of pyridine rings is 2. The number of benzene rings is 2. The fraction of sp³-hybridized carbons (Fsp3) is 0. The van der Waals surface area contributed by atoms with Gasteiger partial charge in [-0.3, -0.25) is 4.79 Å². The minimum absolute atomic E-state index is 0.197. The summed E-state index contributed by atoms with van der Waals surface area (Å²) in [6.07, 6.45) is 0. The molecule has 1 N–H and O–H groups in total. The van der Waals surface area contributed by atoms with Gasteiger partial charge in [-0.25, -0.2) is 9.78 Å². The highest BCUT2D eigenvalue weighted by atomic mass is 16.5. The Kier molecular flexibility index (Phi) is 3.31. The first-order valence-corrected chi connectivity index (χ1v) is 7.41. The van der Waals surface area contributed by atoms with E-state index in [1.807, 2.05) is 30.3 Å². The zero-order valence-corrected chi connectivity index (χ0v) is 12.5. The molecule has 0 saturated heterocycles. The summed E-state index contributed by atoms with van der Waals surface area (Å²) in [5, 5.41) is 1.58. The smallest absolute Gasteiger partial charge is 0.345 e. The first-order valence-electron chi connectivity index (χ1n) is 7.41. The highest BCUT2D eigenvalue weighted by Gasteiger charge is 2.14. The molecule has 0 unspecified atom stereocenters. The van der Waals surface area contributed by atoms with Gasteiger partial charge in [-0.2, -0.15) is 0 Å². The van der Waals surface area contributed by atoms with Gasteiger partial charge in [0.2, 0.25) is 11.4 Å². The maximum Gasteiger partial charge on any atom is 0.345 e. The SMILES string of the molecule is O=C(Oc1ccc2ccccc2n1)c1cc(=O)[nH]c2ccccc12. The number of nitrogens with zero attached hydrogens (tertiary/aromatic N) is 1. The molecule has 0 saturated carbocycles. The molecule has 5 nitrogen and oxygen atoms in total. The number of carbonyl (C=O) groups excluding carboxylic acids is 1. The molecule has 0 fully saturated rings. The lowest BCUT2D eigenvalue weighted by atomic mass is 10.1. The van der Waals surface area contributed by atoms with E-state index in [4.69, 9.17) is 4.74 Å². The van der Waals surface area contributed by atoms with Gasteiger partial charge in [-0.05, 0) is 18.2 Å². The fourth-order valence-electron chi connectivity index (χ4n) is 2.63. The van der Waals surface area contributed by atoms with Crippen molar-refractivity contribution in [1.82, 2.24) is 9.97 Å². The lowest BCUT2D eigenvalue weighted by molar-refractivity contribution is 0.0730. The number of hydrogen-bond acceptors (Lipinski definition) is 4. The maximum atomic E-state index is 12.5. The van der Waals surface area contributed by atoms with Crippen molar-refractivity contribution >= 4 is 27.8 Å². The Balaban J connectivity index is 1.74. The maximum absolute atomic E-state index is 12.5. The van der Waals surface area contributed by atoms with E-state index < -0.39 is 5.97 Å². The molecule has 0 aliphatic carbocycles. The number of aromatic amines is 1. The molecule has 0 aliphatic rings. The monoisotopic (exact) mass is 316 g/mol. The van der Waals surface area contributed by atoms with Gasteiger partial charge < -0.3 is 9.72 Å².